The van der Waals surface area contributed by atoms with Crippen molar-refractivity contribution < 1.29 is 17.9 Å². The number of carbonyl (C=O) groups is 1. The van der Waals surface area contributed by atoms with Crippen LogP contribution in [0, 0.1) is 5.92 Å². The number of ether oxygens (including phenoxy) is 1. The number of nitrogens with one attached hydrogen (secondary N) is 1. The third kappa shape index (κ3) is 6.76. The van der Waals surface area contributed by atoms with Crippen LogP contribution in [0.25, 0.3) is 0 Å². The van der Waals surface area contributed by atoms with Gasteiger partial charge in [-0.1, -0.05) is 13.8 Å². The molecular formula is C14H28N2O4S. The average Bonchev–Trinajstić information content (AvgIpc) is 2.41. The van der Waals surface area contributed by atoms with Crippen molar-refractivity contribution in [3.8, 4) is 0 Å². The van der Waals surface area contributed by atoms with Gasteiger partial charge in [0.25, 0.3) is 5.91 Å². The molecule has 0 aromatic carbocycles. The fourth-order valence-electron chi connectivity index (χ4n) is 2.39. The molecule has 0 radical (unpaired) electrons. The van der Waals surface area contributed by atoms with Crippen molar-refractivity contribution in [1.29, 1.82) is 0 Å². The molecule has 0 bridgehead atoms. The number of amides is 1. The van der Waals surface area contributed by atoms with Crippen LogP contribution in [-0.2, 0) is 19.6 Å². The zero-order valence-electron chi connectivity index (χ0n) is 13.5. The van der Waals surface area contributed by atoms with Gasteiger partial charge in [-0.25, -0.2) is 13.1 Å². The molecule has 1 aliphatic heterocycles. The first-order valence-electron chi connectivity index (χ1n) is 7.57. The van der Waals surface area contributed by atoms with Gasteiger partial charge in [-0.3, -0.25) is 4.79 Å². The molecule has 1 saturated heterocycles. The highest BCUT2D eigenvalue weighted by Gasteiger charge is 2.30. The average molecular weight is 320 g/mol. The molecular weight excluding hydrogens is 292 g/mol. The van der Waals surface area contributed by atoms with E-state index >= 15 is 0 Å². The van der Waals surface area contributed by atoms with Gasteiger partial charge in [-0.2, -0.15) is 0 Å². The molecule has 7 heteroatoms. The maximum absolute atomic E-state index is 12.5. The van der Waals surface area contributed by atoms with Gasteiger partial charge in [0.1, 0.15) is 6.10 Å². The van der Waals surface area contributed by atoms with E-state index in [-0.39, 0.29) is 18.5 Å². The number of nitrogens with zero attached hydrogens (tertiary/aromatic N) is 1. The molecule has 2 unspecified atom stereocenters. The number of hydrogen-bond acceptors (Lipinski definition) is 4. The molecule has 21 heavy (non-hydrogen) atoms. The van der Waals surface area contributed by atoms with Crippen LogP contribution in [0.15, 0.2) is 0 Å². The molecule has 0 aromatic heterocycles. The summed E-state index contributed by atoms with van der Waals surface area (Å²) < 4.78 is 30.5. The van der Waals surface area contributed by atoms with Crippen LogP contribution in [-0.4, -0.2) is 57.3 Å². The first kappa shape index (κ1) is 18.4. The Labute approximate surface area is 128 Å². The van der Waals surface area contributed by atoms with E-state index in [0.717, 1.165) is 25.5 Å². The lowest BCUT2D eigenvalue weighted by atomic mass is 10.0. The van der Waals surface area contributed by atoms with Gasteiger partial charge in [0.15, 0.2) is 0 Å². The van der Waals surface area contributed by atoms with Gasteiger partial charge in [0, 0.05) is 25.7 Å². The van der Waals surface area contributed by atoms with Gasteiger partial charge >= 0.3 is 0 Å². The zero-order valence-corrected chi connectivity index (χ0v) is 14.3. The predicted octanol–water partition coefficient (Wildman–Crippen LogP) is 0.978. The van der Waals surface area contributed by atoms with Crippen LogP contribution in [0.1, 0.15) is 40.0 Å². The quantitative estimate of drug-likeness (QED) is 0.758. The Hall–Kier alpha value is -0.660. The van der Waals surface area contributed by atoms with Crippen LogP contribution < -0.4 is 4.72 Å². The summed E-state index contributed by atoms with van der Waals surface area (Å²) in [6.45, 7) is 7.34. The largest absolute Gasteiger partial charge is 0.368 e. The van der Waals surface area contributed by atoms with Crippen LogP contribution in [0.5, 0.6) is 0 Å². The summed E-state index contributed by atoms with van der Waals surface area (Å²) in [5, 5.41) is 0. The summed E-state index contributed by atoms with van der Waals surface area (Å²) in [7, 11) is -3.23. The molecule has 6 nitrogen and oxygen atoms in total. The number of rotatable bonds is 7. The van der Waals surface area contributed by atoms with Gasteiger partial charge in [-0.05, 0) is 32.1 Å². The molecule has 1 rings (SSSR count). The smallest absolute Gasteiger partial charge is 0.251 e. The van der Waals surface area contributed by atoms with E-state index in [4.69, 9.17) is 4.74 Å². The second-order valence-corrected chi connectivity index (χ2v) is 8.00. The lowest BCUT2D eigenvalue weighted by Gasteiger charge is -2.37. The highest BCUT2D eigenvalue weighted by Crippen LogP contribution is 2.18. The minimum absolute atomic E-state index is 0.0457. The minimum atomic E-state index is -3.23. The molecule has 0 aromatic rings. The van der Waals surface area contributed by atoms with Gasteiger partial charge in [0.05, 0.1) is 6.26 Å². The molecule has 1 fully saturated rings. The number of sulfonamides is 1. The molecule has 0 saturated carbocycles. The first-order valence-corrected chi connectivity index (χ1v) is 9.46. The Balaban J connectivity index is 2.60. The van der Waals surface area contributed by atoms with E-state index < -0.39 is 16.1 Å². The lowest BCUT2D eigenvalue weighted by Crippen LogP contribution is -2.52. The van der Waals surface area contributed by atoms with Gasteiger partial charge in [0.2, 0.25) is 10.0 Å². The third-order valence-electron chi connectivity index (χ3n) is 3.52. The Kier molecular flexibility index (Phi) is 7.09. The summed E-state index contributed by atoms with van der Waals surface area (Å²) >= 11 is 0. The Morgan fingerprint density at radius 3 is 2.57 bits per heavy atom. The molecule has 124 valence electrons. The second-order valence-electron chi connectivity index (χ2n) is 6.17. The van der Waals surface area contributed by atoms with Crippen molar-refractivity contribution in [2.75, 3.05) is 26.0 Å². The lowest BCUT2D eigenvalue weighted by molar-refractivity contribution is -0.146. The maximum Gasteiger partial charge on any atom is 0.251 e. The third-order valence-corrected chi connectivity index (χ3v) is 4.21. The molecule has 0 aliphatic carbocycles. The number of hydrogen-bond donors (Lipinski definition) is 1. The summed E-state index contributed by atoms with van der Waals surface area (Å²) in [4.78, 5) is 14.2. The van der Waals surface area contributed by atoms with Crippen molar-refractivity contribution in [3.05, 3.63) is 0 Å². The van der Waals surface area contributed by atoms with Crippen molar-refractivity contribution in [2.45, 2.75) is 52.2 Å². The summed E-state index contributed by atoms with van der Waals surface area (Å²) in [6, 6.07) is -0.0777. The van der Waals surface area contributed by atoms with E-state index in [9.17, 15) is 13.2 Å². The number of likely N-dealkylation sites (tertiary alicyclic amines) is 1. The van der Waals surface area contributed by atoms with Crippen LogP contribution >= 0.6 is 0 Å². The summed E-state index contributed by atoms with van der Waals surface area (Å²) in [5.74, 6) is 0.333. The Morgan fingerprint density at radius 2 is 2.00 bits per heavy atom. The summed E-state index contributed by atoms with van der Waals surface area (Å²) in [5.41, 5.74) is 0. The predicted molar refractivity (Wildman–Crippen MR) is 82.5 cm³/mol. The summed E-state index contributed by atoms with van der Waals surface area (Å²) in [6.07, 6.45) is 3.45. The van der Waals surface area contributed by atoms with Crippen molar-refractivity contribution in [1.82, 2.24) is 9.62 Å². The maximum atomic E-state index is 12.5. The minimum Gasteiger partial charge on any atom is -0.368 e. The molecule has 1 heterocycles. The highest BCUT2D eigenvalue weighted by atomic mass is 32.2. The van der Waals surface area contributed by atoms with Crippen molar-refractivity contribution >= 4 is 15.9 Å². The van der Waals surface area contributed by atoms with E-state index in [1.165, 1.54) is 0 Å². The van der Waals surface area contributed by atoms with Gasteiger partial charge < -0.3 is 9.64 Å². The second kappa shape index (κ2) is 8.10. The first-order chi connectivity index (χ1) is 9.70. The molecule has 1 amide bonds. The number of piperidine rings is 1. The van der Waals surface area contributed by atoms with Crippen LogP contribution in [0.4, 0.5) is 0 Å². The van der Waals surface area contributed by atoms with E-state index in [0.29, 0.717) is 19.1 Å². The van der Waals surface area contributed by atoms with E-state index in [2.05, 4.69) is 4.72 Å². The Morgan fingerprint density at radius 1 is 1.33 bits per heavy atom. The van der Waals surface area contributed by atoms with E-state index in [1.807, 2.05) is 13.8 Å². The van der Waals surface area contributed by atoms with Crippen molar-refractivity contribution in [2.24, 2.45) is 5.92 Å². The van der Waals surface area contributed by atoms with E-state index in [1.54, 1.807) is 11.8 Å². The SMILES string of the molecule is CC(C)COC(C)C(=O)N1CCCCC1CNS(C)(=O)=O. The van der Waals surface area contributed by atoms with Crippen molar-refractivity contribution in [3.63, 3.8) is 0 Å². The fourth-order valence-corrected chi connectivity index (χ4v) is 2.89. The standard InChI is InChI=1S/C14H28N2O4S/c1-11(2)10-20-12(3)14(17)16-8-6-5-7-13(16)9-15-21(4,18)19/h11-13,15H,5-10H2,1-4H3. The molecule has 0 spiro atoms. The highest BCUT2D eigenvalue weighted by molar-refractivity contribution is 7.88. The molecule has 2 atom stereocenters. The zero-order chi connectivity index (χ0) is 16.0. The topological polar surface area (TPSA) is 75.7 Å². The molecule has 1 aliphatic rings. The molecule has 1 N–H and O–H groups in total. The van der Waals surface area contributed by atoms with Crippen LogP contribution in [0.2, 0.25) is 0 Å². The monoisotopic (exact) mass is 320 g/mol. The normalized spacial score (nSPS) is 21.6. The number of carbonyl (C=O) groups excluding carboxylic acids is 1. The Bertz CT molecular complexity index is 436. The van der Waals surface area contributed by atoms with Gasteiger partial charge in [-0.15, -0.1) is 0 Å². The fraction of sp³-hybridized carbons (Fsp3) is 0.929. The van der Waals surface area contributed by atoms with Crippen LogP contribution in [0.3, 0.4) is 0 Å².